The van der Waals surface area contributed by atoms with Gasteiger partial charge in [0.25, 0.3) is 0 Å². The second kappa shape index (κ2) is 8.86. The molecule has 0 radical (unpaired) electrons. The molecule has 1 aromatic heterocycles. The van der Waals surface area contributed by atoms with E-state index in [9.17, 15) is 4.39 Å². The number of nitrogens with two attached hydrogens (primary N) is 1. The van der Waals surface area contributed by atoms with Gasteiger partial charge in [-0.2, -0.15) is 0 Å². The largest absolute Gasteiger partial charge is 0.370 e. The van der Waals surface area contributed by atoms with E-state index in [2.05, 4.69) is 22.2 Å². The SMILES string of the molecule is CCCCN=C(N)NCCc1c[nH]c2cc(F)ccc12.I. The second-order valence-electron chi connectivity index (χ2n) is 4.80. The number of hydrogen-bond donors (Lipinski definition) is 3. The van der Waals surface area contributed by atoms with Gasteiger partial charge in [0.2, 0.25) is 0 Å². The molecular formula is C15H22FIN4. The van der Waals surface area contributed by atoms with Crippen LogP contribution in [0.4, 0.5) is 4.39 Å². The molecule has 0 unspecified atom stereocenters. The van der Waals surface area contributed by atoms with E-state index in [1.54, 1.807) is 6.07 Å². The summed E-state index contributed by atoms with van der Waals surface area (Å²) in [6.45, 7) is 3.60. The van der Waals surface area contributed by atoms with Crippen LogP contribution in [0.25, 0.3) is 10.9 Å². The Morgan fingerprint density at radius 1 is 1.43 bits per heavy atom. The number of H-pyrrole nitrogens is 1. The summed E-state index contributed by atoms with van der Waals surface area (Å²) in [5.41, 5.74) is 7.74. The summed E-state index contributed by atoms with van der Waals surface area (Å²) >= 11 is 0. The van der Waals surface area contributed by atoms with Crippen molar-refractivity contribution in [3.63, 3.8) is 0 Å². The molecule has 0 atom stereocenters. The van der Waals surface area contributed by atoms with Crippen LogP contribution in [-0.4, -0.2) is 24.0 Å². The zero-order valence-electron chi connectivity index (χ0n) is 12.2. The first-order chi connectivity index (χ1) is 9.70. The highest BCUT2D eigenvalue weighted by molar-refractivity contribution is 14.0. The molecule has 2 aromatic rings. The maximum atomic E-state index is 13.1. The number of guanidine groups is 1. The number of unbranched alkanes of at least 4 members (excludes halogenated alkanes) is 1. The van der Waals surface area contributed by atoms with Gasteiger partial charge in [0.1, 0.15) is 5.82 Å². The van der Waals surface area contributed by atoms with Crippen LogP contribution in [0, 0.1) is 5.82 Å². The molecule has 1 aromatic carbocycles. The van der Waals surface area contributed by atoms with Gasteiger partial charge in [0, 0.05) is 30.2 Å². The minimum absolute atomic E-state index is 0. The molecular weight excluding hydrogens is 382 g/mol. The van der Waals surface area contributed by atoms with E-state index in [1.165, 1.54) is 12.1 Å². The molecule has 0 amide bonds. The number of aromatic amines is 1. The minimum atomic E-state index is -0.226. The quantitative estimate of drug-likeness (QED) is 0.300. The molecule has 1 heterocycles. The van der Waals surface area contributed by atoms with Crippen molar-refractivity contribution in [1.29, 1.82) is 0 Å². The molecule has 0 saturated carbocycles. The van der Waals surface area contributed by atoms with Crippen molar-refractivity contribution in [2.45, 2.75) is 26.2 Å². The van der Waals surface area contributed by atoms with E-state index < -0.39 is 0 Å². The molecule has 0 fully saturated rings. The van der Waals surface area contributed by atoms with Crippen LogP contribution < -0.4 is 11.1 Å². The number of nitrogens with zero attached hydrogens (tertiary/aromatic N) is 1. The van der Waals surface area contributed by atoms with E-state index in [4.69, 9.17) is 5.73 Å². The summed E-state index contributed by atoms with van der Waals surface area (Å²) < 4.78 is 13.1. The fourth-order valence-electron chi connectivity index (χ4n) is 2.10. The Morgan fingerprint density at radius 2 is 2.24 bits per heavy atom. The van der Waals surface area contributed by atoms with Crippen molar-refractivity contribution in [1.82, 2.24) is 10.3 Å². The fourth-order valence-corrected chi connectivity index (χ4v) is 2.10. The lowest BCUT2D eigenvalue weighted by atomic mass is 10.1. The summed E-state index contributed by atoms with van der Waals surface area (Å²) in [4.78, 5) is 7.31. The highest BCUT2D eigenvalue weighted by Gasteiger charge is 2.04. The zero-order chi connectivity index (χ0) is 14.4. The highest BCUT2D eigenvalue weighted by atomic mass is 127. The average Bonchev–Trinajstić information content (AvgIpc) is 2.81. The highest BCUT2D eigenvalue weighted by Crippen LogP contribution is 2.19. The number of halogens is 2. The van der Waals surface area contributed by atoms with Crippen molar-refractivity contribution < 1.29 is 4.39 Å². The first-order valence-electron chi connectivity index (χ1n) is 7.00. The van der Waals surface area contributed by atoms with Crippen LogP contribution >= 0.6 is 24.0 Å². The number of nitrogens with one attached hydrogen (secondary N) is 2. The summed E-state index contributed by atoms with van der Waals surface area (Å²) in [6, 6.07) is 4.79. The van der Waals surface area contributed by atoms with E-state index in [0.29, 0.717) is 12.5 Å². The summed E-state index contributed by atoms with van der Waals surface area (Å²) in [5.74, 6) is 0.265. The first-order valence-corrected chi connectivity index (χ1v) is 7.00. The Labute approximate surface area is 141 Å². The zero-order valence-corrected chi connectivity index (χ0v) is 14.5. The number of aliphatic imine (C=N–C) groups is 1. The molecule has 116 valence electrons. The molecule has 0 bridgehead atoms. The van der Waals surface area contributed by atoms with Crippen LogP contribution in [0.2, 0.25) is 0 Å². The van der Waals surface area contributed by atoms with Gasteiger partial charge in [-0.3, -0.25) is 4.99 Å². The smallest absolute Gasteiger partial charge is 0.188 e. The van der Waals surface area contributed by atoms with Crippen molar-refractivity contribution in [3.05, 3.63) is 35.8 Å². The summed E-state index contributed by atoms with van der Waals surface area (Å²) in [6.07, 6.45) is 4.89. The van der Waals surface area contributed by atoms with Gasteiger partial charge in [-0.15, -0.1) is 24.0 Å². The Hall–Kier alpha value is -1.31. The molecule has 0 aliphatic rings. The van der Waals surface area contributed by atoms with Crippen LogP contribution in [-0.2, 0) is 6.42 Å². The van der Waals surface area contributed by atoms with Crippen LogP contribution in [0.5, 0.6) is 0 Å². The lowest BCUT2D eigenvalue weighted by molar-refractivity contribution is 0.629. The molecule has 0 spiro atoms. The lowest BCUT2D eigenvalue weighted by Gasteiger charge is -2.05. The van der Waals surface area contributed by atoms with Gasteiger partial charge >= 0.3 is 0 Å². The number of aromatic nitrogens is 1. The normalized spacial score (nSPS) is 11.4. The third-order valence-electron chi connectivity index (χ3n) is 3.22. The Morgan fingerprint density at radius 3 is 3.00 bits per heavy atom. The van der Waals surface area contributed by atoms with Crippen molar-refractivity contribution in [2.75, 3.05) is 13.1 Å². The van der Waals surface area contributed by atoms with Gasteiger partial charge < -0.3 is 16.0 Å². The molecule has 4 N–H and O–H groups in total. The molecule has 0 saturated heterocycles. The van der Waals surface area contributed by atoms with Gasteiger partial charge in [-0.25, -0.2) is 4.39 Å². The molecule has 4 nitrogen and oxygen atoms in total. The van der Waals surface area contributed by atoms with E-state index >= 15 is 0 Å². The number of hydrogen-bond acceptors (Lipinski definition) is 1. The maximum Gasteiger partial charge on any atom is 0.188 e. The van der Waals surface area contributed by atoms with Crippen LogP contribution in [0.3, 0.4) is 0 Å². The van der Waals surface area contributed by atoms with Crippen LogP contribution in [0.15, 0.2) is 29.4 Å². The summed E-state index contributed by atoms with van der Waals surface area (Å²) in [7, 11) is 0. The minimum Gasteiger partial charge on any atom is -0.370 e. The monoisotopic (exact) mass is 404 g/mol. The van der Waals surface area contributed by atoms with Crippen molar-refractivity contribution >= 4 is 40.8 Å². The van der Waals surface area contributed by atoms with Crippen molar-refractivity contribution in [3.8, 4) is 0 Å². The van der Waals surface area contributed by atoms with E-state index in [1.807, 2.05) is 6.20 Å². The predicted molar refractivity (Wildman–Crippen MR) is 96.8 cm³/mol. The summed E-state index contributed by atoms with van der Waals surface area (Å²) in [5, 5.41) is 4.15. The number of rotatable bonds is 6. The van der Waals surface area contributed by atoms with Crippen molar-refractivity contribution in [2.24, 2.45) is 10.7 Å². The predicted octanol–water partition coefficient (Wildman–Crippen LogP) is 3.17. The van der Waals surface area contributed by atoms with Gasteiger partial charge in [-0.1, -0.05) is 13.3 Å². The Bertz CT molecular complexity index is 594. The molecule has 0 aliphatic carbocycles. The molecule has 6 heteroatoms. The van der Waals surface area contributed by atoms with E-state index in [-0.39, 0.29) is 29.8 Å². The molecule has 2 rings (SSSR count). The first kappa shape index (κ1) is 17.7. The average molecular weight is 404 g/mol. The number of fused-ring (bicyclic) bond motifs is 1. The van der Waals surface area contributed by atoms with Gasteiger partial charge in [-0.05, 0) is 36.6 Å². The van der Waals surface area contributed by atoms with E-state index in [0.717, 1.165) is 42.3 Å². The number of benzene rings is 1. The lowest BCUT2D eigenvalue weighted by Crippen LogP contribution is -2.33. The molecule has 21 heavy (non-hydrogen) atoms. The van der Waals surface area contributed by atoms with Crippen LogP contribution in [0.1, 0.15) is 25.3 Å². The Kier molecular flexibility index (Phi) is 7.49. The third kappa shape index (κ3) is 5.18. The molecule has 0 aliphatic heterocycles. The Balaban J connectivity index is 0.00000220. The maximum absolute atomic E-state index is 13.1. The van der Waals surface area contributed by atoms with Gasteiger partial charge in [0.15, 0.2) is 5.96 Å². The second-order valence-corrected chi connectivity index (χ2v) is 4.80. The topological polar surface area (TPSA) is 66.2 Å². The van der Waals surface area contributed by atoms with Gasteiger partial charge in [0.05, 0.1) is 0 Å². The standard InChI is InChI=1S/C15H21FN4.HI/c1-2-3-7-18-15(17)19-8-6-11-10-20-14-9-12(16)4-5-13(11)14;/h4-5,9-10,20H,2-3,6-8H2,1H3,(H3,17,18,19);1H. The fraction of sp³-hybridized carbons (Fsp3) is 0.400. The third-order valence-corrected chi connectivity index (χ3v) is 3.22.